The number of carboxylic acid groups (broad SMARTS) is 1. The normalized spacial score (nSPS) is 12.7. The number of H-pyrrole nitrogens is 1. The van der Waals surface area contributed by atoms with Gasteiger partial charge in [0.1, 0.15) is 21.6 Å². The zero-order valence-corrected chi connectivity index (χ0v) is 12.4. The van der Waals surface area contributed by atoms with E-state index in [-0.39, 0.29) is 16.1 Å². The van der Waals surface area contributed by atoms with Crippen molar-refractivity contribution in [3.05, 3.63) is 49.0 Å². The first-order valence-corrected chi connectivity index (χ1v) is 7.66. The number of hydrogen-bond donors (Lipinski definition) is 3. The summed E-state index contributed by atoms with van der Waals surface area (Å²) < 4.78 is 0. The molecule has 0 aliphatic carbocycles. The molecule has 0 aliphatic heterocycles. The minimum Gasteiger partial charge on any atom is -0.477 e. The summed E-state index contributed by atoms with van der Waals surface area (Å²) in [5.74, 6) is -0.969. The number of fused-ring (bicyclic) bond motifs is 1. The predicted molar refractivity (Wildman–Crippen MR) is 80.3 cm³/mol. The summed E-state index contributed by atoms with van der Waals surface area (Å²) in [5.41, 5.74) is -0.0414. The van der Waals surface area contributed by atoms with Gasteiger partial charge in [-0.1, -0.05) is 6.07 Å². The molecular formula is C13H10N2O4S2. The van der Waals surface area contributed by atoms with Gasteiger partial charge in [0.15, 0.2) is 0 Å². The van der Waals surface area contributed by atoms with Crippen LogP contribution in [0.4, 0.5) is 0 Å². The van der Waals surface area contributed by atoms with Crippen molar-refractivity contribution >= 4 is 38.9 Å². The third-order valence-corrected chi connectivity index (χ3v) is 5.18. The van der Waals surface area contributed by atoms with Gasteiger partial charge >= 0.3 is 5.97 Å². The fraction of sp³-hybridized carbons (Fsp3) is 0.154. The standard InChI is InChI=1S/C13H10N2O4S2/c1-5-7-11(17)14-10(8(16)6-3-2-4-20-6)15-12(7)21-9(5)13(18)19/h2-4,8,16H,1H3,(H,18,19)(H,14,15,17). The number of nitrogens with one attached hydrogen (secondary N) is 1. The monoisotopic (exact) mass is 322 g/mol. The molecule has 6 nitrogen and oxygen atoms in total. The van der Waals surface area contributed by atoms with E-state index in [0.29, 0.717) is 15.3 Å². The molecular weight excluding hydrogens is 312 g/mol. The fourth-order valence-electron chi connectivity index (χ4n) is 2.08. The van der Waals surface area contributed by atoms with Crippen LogP contribution < -0.4 is 5.56 Å². The van der Waals surface area contributed by atoms with Crippen molar-refractivity contribution in [2.45, 2.75) is 13.0 Å². The van der Waals surface area contributed by atoms with Gasteiger partial charge in [0.25, 0.3) is 5.56 Å². The lowest BCUT2D eigenvalue weighted by Crippen LogP contribution is -2.14. The Bertz CT molecular complexity index is 880. The van der Waals surface area contributed by atoms with E-state index in [1.807, 2.05) is 5.38 Å². The van der Waals surface area contributed by atoms with E-state index in [1.54, 1.807) is 19.1 Å². The molecule has 1 unspecified atom stereocenters. The van der Waals surface area contributed by atoms with Gasteiger partial charge in [0, 0.05) is 4.88 Å². The van der Waals surface area contributed by atoms with Gasteiger partial charge in [-0.25, -0.2) is 9.78 Å². The molecule has 3 heterocycles. The molecule has 3 rings (SSSR count). The average molecular weight is 322 g/mol. The van der Waals surface area contributed by atoms with Crippen LogP contribution in [0.2, 0.25) is 0 Å². The minimum atomic E-state index is -1.09. The quantitative estimate of drug-likeness (QED) is 0.685. The second-order valence-corrected chi connectivity index (χ2v) is 6.39. The van der Waals surface area contributed by atoms with E-state index in [1.165, 1.54) is 11.3 Å². The number of aromatic amines is 1. The van der Waals surface area contributed by atoms with Crippen molar-refractivity contribution in [3.63, 3.8) is 0 Å². The van der Waals surface area contributed by atoms with Gasteiger partial charge in [-0.2, -0.15) is 0 Å². The number of thiophene rings is 2. The Morgan fingerprint density at radius 2 is 2.24 bits per heavy atom. The highest BCUT2D eigenvalue weighted by Gasteiger charge is 2.21. The van der Waals surface area contributed by atoms with Crippen LogP contribution in [0.3, 0.4) is 0 Å². The number of nitrogens with zero attached hydrogens (tertiary/aromatic N) is 1. The van der Waals surface area contributed by atoms with Gasteiger partial charge in [0.05, 0.1) is 5.39 Å². The van der Waals surface area contributed by atoms with Crippen molar-refractivity contribution in [1.82, 2.24) is 9.97 Å². The molecule has 0 aliphatic rings. The Morgan fingerprint density at radius 3 is 2.86 bits per heavy atom. The Labute approximate surface area is 126 Å². The molecule has 21 heavy (non-hydrogen) atoms. The van der Waals surface area contributed by atoms with Crippen LogP contribution in [-0.2, 0) is 0 Å². The third-order valence-electron chi connectivity index (χ3n) is 3.08. The Morgan fingerprint density at radius 1 is 1.48 bits per heavy atom. The summed E-state index contributed by atoms with van der Waals surface area (Å²) in [7, 11) is 0. The summed E-state index contributed by atoms with van der Waals surface area (Å²) >= 11 is 2.28. The summed E-state index contributed by atoms with van der Waals surface area (Å²) in [6.45, 7) is 1.58. The molecule has 0 saturated carbocycles. The zero-order chi connectivity index (χ0) is 15.1. The van der Waals surface area contributed by atoms with Crippen LogP contribution >= 0.6 is 22.7 Å². The van der Waals surface area contributed by atoms with Crippen molar-refractivity contribution in [3.8, 4) is 0 Å². The topological polar surface area (TPSA) is 103 Å². The number of aliphatic hydroxyl groups excluding tert-OH is 1. The maximum atomic E-state index is 12.1. The second-order valence-electron chi connectivity index (χ2n) is 4.41. The number of aromatic nitrogens is 2. The largest absolute Gasteiger partial charge is 0.477 e. The van der Waals surface area contributed by atoms with Crippen LogP contribution in [-0.4, -0.2) is 26.2 Å². The maximum absolute atomic E-state index is 12.1. The molecule has 0 spiro atoms. The average Bonchev–Trinajstić information content (AvgIpc) is 3.06. The number of aryl methyl sites for hydroxylation is 1. The van der Waals surface area contributed by atoms with E-state index >= 15 is 0 Å². The van der Waals surface area contributed by atoms with Crippen LogP contribution in [0.5, 0.6) is 0 Å². The van der Waals surface area contributed by atoms with Gasteiger partial charge < -0.3 is 15.2 Å². The minimum absolute atomic E-state index is 0.0887. The van der Waals surface area contributed by atoms with E-state index < -0.39 is 17.6 Å². The molecule has 0 fully saturated rings. The number of aliphatic hydroxyl groups is 1. The zero-order valence-electron chi connectivity index (χ0n) is 10.8. The maximum Gasteiger partial charge on any atom is 0.346 e. The molecule has 0 amide bonds. The van der Waals surface area contributed by atoms with E-state index in [0.717, 1.165) is 11.3 Å². The number of hydrogen-bond acceptors (Lipinski definition) is 6. The van der Waals surface area contributed by atoms with Gasteiger partial charge in [0.2, 0.25) is 0 Å². The summed E-state index contributed by atoms with van der Waals surface area (Å²) in [4.78, 5) is 31.1. The lowest BCUT2D eigenvalue weighted by atomic mass is 10.2. The first-order valence-electron chi connectivity index (χ1n) is 5.97. The van der Waals surface area contributed by atoms with Crippen LogP contribution in [0.25, 0.3) is 10.2 Å². The highest BCUT2D eigenvalue weighted by Crippen LogP contribution is 2.29. The third kappa shape index (κ3) is 2.27. The second kappa shape index (κ2) is 5.06. The molecule has 0 bridgehead atoms. The fourth-order valence-corrected chi connectivity index (χ4v) is 3.82. The van der Waals surface area contributed by atoms with E-state index in [4.69, 9.17) is 5.11 Å². The van der Waals surface area contributed by atoms with Crippen molar-refractivity contribution in [2.24, 2.45) is 0 Å². The lowest BCUT2D eigenvalue weighted by Gasteiger charge is -2.07. The Hall–Kier alpha value is -2.03. The number of carbonyl (C=O) groups is 1. The summed E-state index contributed by atoms with van der Waals surface area (Å²) in [5, 5.41) is 21.4. The molecule has 0 aromatic carbocycles. The molecule has 3 N–H and O–H groups in total. The van der Waals surface area contributed by atoms with Crippen LogP contribution in [0.15, 0.2) is 22.3 Å². The van der Waals surface area contributed by atoms with Gasteiger partial charge in [-0.15, -0.1) is 22.7 Å². The Balaban J connectivity index is 2.20. The van der Waals surface area contributed by atoms with Gasteiger partial charge in [-0.05, 0) is 23.9 Å². The highest BCUT2D eigenvalue weighted by atomic mass is 32.1. The highest BCUT2D eigenvalue weighted by molar-refractivity contribution is 7.20. The van der Waals surface area contributed by atoms with Crippen molar-refractivity contribution in [2.75, 3.05) is 0 Å². The molecule has 3 aromatic rings. The molecule has 8 heteroatoms. The van der Waals surface area contributed by atoms with Gasteiger partial charge in [-0.3, -0.25) is 4.79 Å². The molecule has 0 saturated heterocycles. The smallest absolute Gasteiger partial charge is 0.346 e. The molecule has 0 radical (unpaired) electrons. The number of aromatic carboxylic acids is 1. The first kappa shape index (κ1) is 13.9. The Kier molecular flexibility index (Phi) is 3.36. The molecule has 3 aromatic heterocycles. The van der Waals surface area contributed by atoms with E-state index in [2.05, 4.69) is 9.97 Å². The number of rotatable bonds is 3. The summed E-state index contributed by atoms with van der Waals surface area (Å²) in [6.07, 6.45) is -1.03. The SMILES string of the molecule is Cc1c(C(=O)O)sc2nc(C(O)c3cccs3)[nH]c(=O)c12. The van der Waals surface area contributed by atoms with Crippen molar-refractivity contribution < 1.29 is 15.0 Å². The lowest BCUT2D eigenvalue weighted by molar-refractivity contribution is 0.0701. The van der Waals surface area contributed by atoms with Crippen LogP contribution in [0.1, 0.15) is 32.0 Å². The van der Waals surface area contributed by atoms with Crippen LogP contribution in [0, 0.1) is 6.92 Å². The first-order chi connectivity index (χ1) is 9.99. The predicted octanol–water partition coefficient (Wildman–Crippen LogP) is 2.13. The number of carboxylic acids is 1. The van der Waals surface area contributed by atoms with E-state index in [9.17, 15) is 14.7 Å². The molecule has 1 atom stereocenters. The molecule has 108 valence electrons. The van der Waals surface area contributed by atoms with Crippen molar-refractivity contribution in [1.29, 1.82) is 0 Å². The summed E-state index contributed by atoms with van der Waals surface area (Å²) in [6, 6.07) is 3.53.